The number of carboxylic acid groups (broad SMARTS) is 1. The van der Waals surface area contributed by atoms with E-state index in [1.165, 1.54) is 0 Å². The topological polar surface area (TPSA) is 109 Å². The number of nitrogens with zero attached hydrogens (tertiary/aromatic N) is 1. The van der Waals surface area contributed by atoms with E-state index in [4.69, 9.17) is 5.11 Å². The van der Waals surface area contributed by atoms with Crippen LogP contribution in [0.25, 0.3) is 0 Å². The van der Waals surface area contributed by atoms with Crippen molar-refractivity contribution in [3.05, 3.63) is 12.2 Å². The van der Waals surface area contributed by atoms with Gasteiger partial charge in [0.1, 0.15) is 0 Å². The fourth-order valence-corrected chi connectivity index (χ4v) is 1.22. The van der Waals surface area contributed by atoms with Crippen LogP contribution >= 0.6 is 0 Å². The maximum absolute atomic E-state index is 11.0. The summed E-state index contributed by atoms with van der Waals surface area (Å²) < 4.78 is 0. The Balaban J connectivity index is 0. The summed E-state index contributed by atoms with van der Waals surface area (Å²) in [5.41, 5.74) is 0. The summed E-state index contributed by atoms with van der Waals surface area (Å²) in [5, 5.41) is 28.9. The van der Waals surface area contributed by atoms with Crippen molar-refractivity contribution in [1.82, 2.24) is 16.0 Å². The fourth-order valence-electron chi connectivity index (χ4n) is 1.22. The summed E-state index contributed by atoms with van der Waals surface area (Å²) in [6, 6.07) is 0. The molecule has 0 radical (unpaired) electrons. The number of aliphatic carboxylic acids is 1. The van der Waals surface area contributed by atoms with Crippen LogP contribution in [0.4, 0.5) is 0 Å². The van der Waals surface area contributed by atoms with Crippen LogP contribution in [-0.4, -0.2) is 62.8 Å². The molecule has 0 aromatic heterocycles. The standard InChI is InChI=1S/C12H24N4O3.K/c1-2-13-5-6-14-7-8-15-9-10-16-11(17)3-4-12(18)19;/h3-4,13-15H,2,5-10H2,1H3,(H,16,17)(H,18,19);/q;+1/p-1/b4-3+;. The Labute approximate surface area is 162 Å². The molecule has 0 atom stereocenters. The van der Waals surface area contributed by atoms with Crippen LogP contribution in [0, 0.1) is 0 Å². The molecule has 0 aliphatic rings. The number of carbonyl (C=O) groups is 1. The molecule has 0 saturated heterocycles. The van der Waals surface area contributed by atoms with Crippen LogP contribution in [0.3, 0.4) is 0 Å². The molecular formula is C12H23KN4O3. The van der Waals surface area contributed by atoms with Gasteiger partial charge in [-0.05, 0) is 18.5 Å². The molecule has 0 aromatic carbocycles. The molecule has 0 bridgehead atoms. The molecule has 0 unspecified atom stereocenters. The van der Waals surface area contributed by atoms with Crippen molar-refractivity contribution in [2.45, 2.75) is 6.92 Å². The molecule has 7 nitrogen and oxygen atoms in total. The summed E-state index contributed by atoms with van der Waals surface area (Å²) in [4.78, 5) is 13.8. The van der Waals surface area contributed by atoms with Crippen LogP contribution in [0.5, 0.6) is 0 Å². The van der Waals surface area contributed by atoms with E-state index in [0.29, 0.717) is 13.1 Å². The minimum atomic E-state index is -1.15. The van der Waals surface area contributed by atoms with Gasteiger partial charge < -0.3 is 26.2 Å². The van der Waals surface area contributed by atoms with Crippen LogP contribution in [0.15, 0.2) is 17.1 Å². The van der Waals surface area contributed by atoms with Gasteiger partial charge in [-0.1, -0.05) is 6.92 Å². The molecule has 0 aromatic rings. The third-order valence-electron chi connectivity index (χ3n) is 2.13. The molecule has 0 amide bonds. The summed E-state index contributed by atoms with van der Waals surface area (Å²) in [5.74, 6) is -1.67. The maximum atomic E-state index is 11.0. The largest absolute Gasteiger partial charge is 1.00 e. The number of likely N-dealkylation sites (N-methyl/N-ethyl adjacent to an activating group) is 1. The average Bonchev–Trinajstić information content (AvgIpc) is 2.38. The molecule has 0 rings (SSSR count). The van der Waals surface area contributed by atoms with Crippen molar-refractivity contribution in [3.63, 3.8) is 0 Å². The molecule has 4 N–H and O–H groups in total. The first-order valence-corrected chi connectivity index (χ1v) is 6.41. The van der Waals surface area contributed by atoms with Gasteiger partial charge in [0, 0.05) is 38.8 Å². The second kappa shape index (κ2) is 17.2. The molecule has 0 spiro atoms. The van der Waals surface area contributed by atoms with Crippen molar-refractivity contribution in [3.8, 4) is 0 Å². The van der Waals surface area contributed by atoms with E-state index in [1.807, 2.05) is 0 Å². The van der Waals surface area contributed by atoms with Gasteiger partial charge in [0.15, 0.2) is 0 Å². The van der Waals surface area contributed by atoms with Gasteiger partial charge in [-0.15, -0.1) is 0 Å². The van der Waals surface area contributed by atoms with Gasteiger partial charge in [-0.25, -0.2) is 4.79 Å². The molecule has 110 valence electrons. The molecule has 0 aliphatic heterocycles. The molecule has 0 aliphatic carbocycles. The summed E-state index contributed by atoms with van der Waals surface area (Å²) in [7, 11) is 0. The first-order valence-electron chi connectivity index (χ1n) is 6.41. The van der Waals surface area contributed by atoms with Crippen LogP contribution < -0.4 is 72.4 Å². The third kappa shape index (κ3) is 18.2. The summed E-state index contributed by atoms with van der Waals surface area (Å²) in [6.07, 6.45) is 1.73. The first kappa shape index (κ1) is 22.5. The number of nitrogens with one attached hydrogen (secondary N) is 3. The molecule has 0 saturated carbocycles. The molecule has 20 heavy (non-hydrogen) atoms. The second-order valence-corrected chi connectivity index (χ2v) is 3.75. The van der Waals surface area contributed by atoms with Crippen molar-refractivity contribution in [1.29, 1.82) is 0 Å². The third-order valence-corrected chi connectivity index (χ3v) is 2.13. The minimum Gasteiger partial charge on any atom is -0.859 e. The van der Waals surface area contributed by atoms with E-state index in [-0.39, 0.29) is 51.4 Å². The van der Waals surface area contributed by atoms with Crippen LogP contribution in [0.1, 0.15) is 6.92 Å². The Morgan fingerprint density at radius 1 is 1.10 bits per heavy atom. The molecule has 8 heteroatoms. The number of carboxylic acids is 1. The van der Waals surface area contributed by atoms with Gasteiger partial charge in [0.05, 0.1) is 6.54 Å². The van der Waals surface area contributed by atoms with Crippen LogP contribution in [0.2, 0.25) is 0 Å². The number of rotatable bonds is 12. The van der Waals surface area contributed by atoms with Crippen LogP contribution in [-0.2, 0) is 4.79 Å². The Hall–Kier alpha value is 0.196. The zero-order valence-electron chi connectivity index (χ0n) is 12.3. The average molecular weight is 310 g/mol. The smallest absolute Gasteiger partial charge is 0.859 e. The Morgan fingerprint density at radius 3 is 2.20 bits per heavy atom. The van der Waals surface area contributed by atoms with E-state index in [9.17, 15) is 9.90 Å². The van der Waals surface area contributed by atoms with Gasteiger partial charge in [0.2, 0.25) is 0 Å². The molecular weight excluding hydrogens is 287 g/mol. The number of aliphatic imine (C=N–C) groups is 1. The quantitative estimate of drug-likeness (QED) is 0.0947. The predicted octanol–water partition coefficient (Wildman–Crippen LogP) is -4.82. The van der Waals surface area contributed by atoms with Gasteiger partial charge in [-0.2, -0.15) is 0 Å². The Morgan fingerprint density at radius 2 is 1.65 bits per heavy atom. The normalized spacial score (nSPS) is 11.6. The monoisotopic (exact) mass is 310 g/mol. The molecule has 0 fully saturated rings. The van der Waals surface area contributed by atoms with E-state index < -0.39 is 11.9 Å². The maximum Gasteiger partial charge on any atom is 1.00 e. The van der Waals surface area contributed by atoms with Gasteiger partial charge >= 0.3 is 57.4 Å². The zero-order chi connectivity index (χ0) is 14.3. The van der Waals surface area contributed by atoms with Crippen molar-refractivity contribution in [2.24, 2.45) is 4.99 Å². The molecule has 0 heterocycles. The summed E-state index contributed by atoms with van der Waals surface area (Å²) in [6.45, 7) is 7.54. The van der Waals surface area contributed by atoms with E-state index in [1.54, 1.807) is 0 Å². The van der Waals surface area contributed by atoms with Gasteiger partial charge in [0.25, 0.3) is 0 Å². The van der Waals surface area contributed by atoms with E-state index >= 15 is 0 Å². The zero-order valence-corrected chi connectivity index (χ0v) is 15.4. The van der Waals surface area contributed by atoms with Crippen molar-refractivity contribution in [2.75, 3.05) is 45.8 Å². The Bertz CT molecular complexity index is 298. The van der Waals surface area contributed by atoms with Gasteiger partial charge in [-0.3, -0.25) is 4.99 Å². The van der Waals surface area contributed by atoms with E-state index in [2.05, 4.69) is 27.9 Å². The number of hydrogen-bond donors (Lipinski definition) is 4. The Kier molecular flexibility index (Phi) is 19.4. The van der Waals surface area contributed by atoms with E-state index in [0.717, 1.165) is 44.9 Å². The summed E-state index contributed by atoms with van der Waals surface area (Å²) >= 11 is 0. The minimum absolute atomic E-state index is 0. The SMILES string of the molecule is CCNCCNCCNCCN=C([O-])/C=C/C(=O)O.[K+]. The fraction of sp³-hybridized carbons (Fsp3) is 0.667. The van der Waals surface area contributed by atoms with Crippen molar-refractivity contribution < 1.29 is 66.4 Å². The first-order chi connectivity index (χ1) is 9.16. The van der Waals surface area contributed by atoms with Crippen molar-refractivity contribution >= 4 is 11.9 Å². The second-order valence-electron chi connectivity index (χ2n) is 3.75. The predicted molar refractivity (Wildman–Crippen MR) is 73.4 cm³/mol. The number of hydrogen-bond acceptors (Lipinski definition) is 6.